The summed E-state index contributed by atoms with van der Waals surface area (Å²) >= 11 is 0. The fourth-order valence-electron chi connectivity index (χ4n) is 5.79. The zero-order chi connectivity index (χ0) is 26.6. The van der Waals surface area contributed by atoms with Crippen LogP contribution in [0.5, 0.6) is 0 Å². The van der Waals surface area contributed by atoms with Gasteiger partial charge in [-0.15, -0.1) is 0 Å². The Morgan fingerprint density at radius 1 is 0.973 bits per heavy atom. The van der Waals surface area contributed by atoms with Gasteiger partial charge >= 0.3 is 0 Å². The molecule has 2 heterocycles. The molecular formula is C31H42N4O2. The maximum atomic E-state index is 13.7. The number of amides is 1. The minimum absolute atomic E-state index is 0.00422. The van der Waals surface area contributed by atoms with Gasteiger partial charge in [-0.2, -0.15) is 0 Å². The zero-order valence-electron chi connectivity index (χ0n) is 23.1. The van der Waals surface area contributed by atoms with Crippen molar-refractivity contribution in [2.75, 3.05) is 26.2 Å². The van der Waals surface area contributed by atoms with Crippen molar-refractivity contribution in [3.8, 4) is 0 Å². The Bertz CT molecular complexity index is 1250. The molecule has 0 aliphatic carbocycles. The van der Waals surface area contributed by atoms with Gasteiger partial charge in [-0.1, -0.05) is 77.1 Å². The lowest BCUT2D eigenvalue weighted by Crippen LogP contribution is -2.50. The van der Waals surface area contributed by atoms with Crippen molar-refractivity contribution in [3.05, 3.63) is 76.3 Å². The number of rotatable bonds is 8. The molecule has 0 spiro atoms. The lowest BCUT2D eigenvalue weighted by Gasteiger charge is -2.39. The summed E-state index contributed by atoms with van der Waals surface area (Å²) in [5.41, 5.74) is 2.06. The molecule has 1 saturated heterocycles. The molecule has 3 aromatic rings. The average Bonchev–Trinajstić information content (AvgIpc) is 2.86. The van der Waals surface area contributed by atoms with E-state index >= 15 is 0 Å². The van der Waals surface area contributed by atoms with Gasteiger partial charge in [-0.25, -0.2) is 4.98 Å². The molecule has 0 saturated carbocycles. The van der Waals surface area contributed by atoms with E-state index in [1.54, 1.807) is 0 Å². The SMILES string of the molecule is CCC(c1nc2ccccc2c(=O)n1Cc1ccccc1)N1CCN(C(=O)CC(C)CC(C)(C)C)CC1. The van der Waals surface area contributed by atoms with Crippen LogP contribution in [0, 0.1) is 11.3 Å². The first kappa shape index (κ1) is 27.1. The van der Waals surface area contributed by atoms with Crippen LogP contribution in [0.1, 0.15) is 71.3 Å². The molecule has 2 unspecified atom stereocenters. The van der Waals surface area contributed by atoms with Crippen LogP contribution in [0.2, 0.25) is 0 Å². The number of carbonyl (C=O) groups is 1. The Morgan fingerprint density at radius 2 is 1.62 bits per heavy atom. The first-order chi connectivity index (χ1) is 17.7. The highest BCUT2D eigenvalue weighted by Crippen LogP contribution is 2.28. The normalized spacial score (nSPS) is 16.6. The van der Waals surface area contributed by atoms with Gasteiger partial charge < -0.3 is 4.90 Å². The number of hydrogen-bond donors (Lipinski definition) is 0. The second-order valence-corrected chi connectivity index (χ2v) is 11.8. The molecule has 37 heavy (non-hydrogen) atoms. The molecule has 0 radical (unpaired) electrons. The summed E-state index contributed by atoms with van der Waals surface area (Å²) in [5, 5.41) is 0.650. The van der Waals surface area contributed by atoms with Crippen molar-refractivity contribution < 1.29 is 4.79 Å². The number of hydrogen-bond acceptors (Lipinski definition) is 4. The number of fused-ring (bicyclic) bond motifs is 1. The van der Waals surface area contributed by atoms with Crippen LogP contribution in [0.4, 0.5) is 0 Å². The highest BCUT2D eigenvalue weighted by atomic mass is 16.2. The van der Waals surface area contributed by atoms with Crippen LogP contribution >= 0.6 is 0 Å². The van der Waals surface area contributed by atoms with Crippen molar-refractivity contribution in [2.24, 2.45) is 11.3 Å². The fraction of sp³-hybridized carbons (Fsp3) is 0.516. The first-order valence-electron chi connectivity index (χ1n) is 13.7. The van der Waals surface area contributed by atoms with Gasteiger partial charge in [0.05, 0.1) is 23.5 Å². The van der Waals surface area contributed by atoms with E-state index in [4.69, 9.17) is 4.98 Å². The van der Waals surface area contributed by atoms with Gasteiger partial charge in [-0.3, -0.25) is 19.1 Å². The van der Waals surface area contributed by atoms with Crippen LogP contribution < -0.4 is 5.56 Å². The smallest absolute Gasteiger partial charge is 0.261 e. The van der Waals surface area contributed by atoms with Crippen molar-refractivity contribution in [1.82, 2.24) is 19.4 Å². The summed E-state index contributed by atoms with van der Waals surface area (Å²) in [4.78, 5) is 36.1. The van der Waals surface area contributed by atoms with Crippen molar-refractivity contribution in [3.63, 3.8) is 0 Å². The standard InChI is InChI=1S/C31H42N4O2/c1-6-27(33-16-18-34(19-17-33)28(36)20-23(2)21-31(3,4)5)29-32-26-15-11-10-14-25(26)30(37)35(29)22-24-12-8-7-9-13-24/h7-15,23,27H,6,16-22H2,1-5H3. The van der Waals surface area contributed by atoms with E-state index in [1.807, 2.05) is 51.9 Å². The predicted molar refractivity (Wildman–Crippen MR) is 151 cm³/mol. The molecule has 2 atom stereocenters. The first-order valence-corrected chi connectivity index (χ1v) is 13.7. The van der Waals surface area contributed by atoms with Crippen LogP contribution in [0.25, 0.3) is 10.9 Å². The van der Waals surface area contributed by atoms with E-state index in [0.29, 0.717) is 37.4 Å². The fourth-order valence-corrected chi connectivity index (χ4v) is 5.79. The Hall–Kier alpha value is -2.99. The lowest BCUT2D eigenvalue weighted by atomic mass is 9.84. The monoisotopic (exact) mass is 502 g/mol. The molecule has 1 amide bonds. The van der Waals surface area contributed by atoms with Crippen molar-refractivity contribution in [2.45, 2.75) is 66.5 Å². The second-order valence-electron chi connectivity index (χ2n) is 11.8. The molecule has 6 heteroatoms. The average molecular weight is 503 g/mol. The van der Waals surface area contributed by atoms with Crippen LogP contribution in [0.3, 0.4) is 0 Å². The topological polar surface area (TPSA) is 58.4 Å². The predicted octanol–water partition coefficient (Wildman–Crippen LogP) is 5.50. The van der Waals surface area contributed by atoms with Gasteiger partial charge in [0.25, 0.3) is 5.56 Å². The highest BCUT2D eigenvalue weighted by Gasteiger charge is 2.30. The Labute approximate surface area is 221 Å². The molecule has 6 nitrogen and oxygen atoms in total. The van der Waals surface area contributed by atoms with E-state index in [1.165, 1.54) is 0 Å². The van der Waals surface area contributed by atoms with E-state index < -0.39 is 0 Å². The Morgan fingerprint density at radius 3 is 2.27 bits per heavy atom. The molecule has 198 valence electrons. The maximum absolute atomic E-state index is 13.7. The molecule has 1 aliphatic rings. The van der Waals surface area contributed by atoms with Gasteiger partial charge in [0, 0.05) is 32.6 Å². The summed E-state index contributed by atoms with van der Waals surface area (Å²) in [5.74, 6) is 1.45. The summed E-state index contributed by atoms with van der Waals surface area (Å²) in [7, 11) is 0. The van der Waals surface area contributed by atoms with Crippen LogP contribution in [-0.4, -0.2) is 51.4 Å². The largest absolute Gasteiger partial charge is 0.340 e. The van der Waals surface area contributed by atoms with Gasteiger partial charge in [0.15, 0.2) is 0 Å². The van der Waals surface area contributed by atoms with E-state index in [9.17, 15) is 9.59 Å². The number of piperazine rings is 1. The molecule has 2 aromatic carbocycles. The van der Waals surface area contributed by atoms with Gasteiger partial charge in [-0.05, 0) is 41.9 Å². The number of benzene rings is 2. The third-order valence-corrected chi connectivity index (χ3v) is 7.35. The summed E-state index contributed by atoms with van der Waals surface area (Å²) in [6.45, 7) is 14.5. The van der Waals surface area contributed by atoms with E-state index in [-0.39, 0.29) is 22.9 Å². The van der Waals surface area contributed by atoms with Crippen LogP contribution in [-0.2, 0) is 11.3 Å². The van der Waals surface area contributed by atoms with Gasteiger partial charge in [0.2, 0.25) is 5.91 Å². The summed E-state index contributed by atoms with van der Waals surface area (Å²) in [6.07, 6.45) is 2.50. The van der Waals surface area contributed by atoms with Crippen molar-refractivity contribution in [1.29, 1.82) is 0 Å². The van der Waals surface area contributed by atoms with E-state index in [0.717, 1.165) is 42.8 Å². The zero-order valence-corrected chi connectivity index (χ0v) is 23.1. The summed E-state index contributed by atoms with van der Waals surface area (Å²) in [6, 6.07) is 17.7. The molecule has 1 aromatic heterocycles. The number of carbonyl (C=O) groups excluding carboxylic acids is 1. The van der Waals surface area contributed by atoms with Gasteiger partial charge in [0.1, 0.15) is 5.82 Å². The number of para-hydroxylation sites is 1. The minimum atomic E-state index is 0.00422. The van der Waals surface area contributed by atoms with Crippen LogP contribution in [0.15, 0.2) is 59.4 Å². The molecule has 4 rings (SSSR count). The molecule has 0 bridgehead atoms. The Kier molecular flexibility index (Phi) is 8.48. The third-order valence-electron chi connectivity index (χ3n) is 7.35. The third kappa shape index (κ3) is 6.67. The highest BCUT2D eigenvalue weighted by molar-refractivity contribution is 5.77. The molecule has 1 aliphatic heterocycles. The van der Waals surface area contributed by atoms with Crippen molar-refractivity contribution >= 4 is 16.8 Å². The molecule has 1 fully saturated rings. The number of nitrogens with zero attached hydrogens (tertiary/aromatic N) is 4. The Balaban J connectivity index is 1.55. The lowest BCUT2D eigenvalue weighted by molar-refractivity contribution is -0.134. The second kappa shape index (κ2) is 11.6. The molecular weight excluding hydrogens is 460 g/mol. The maximum Gasteiger partial charge on any atom is 0.261 e. The molecule has 0 N–H and O–H groups in total. The summed E-state index contributed by atoms with van der Waals surface area (Å²) < 4.78 is 1.86. The quantitative estimate of drug-likeness (QED) is 0.408. The van der Waals surface area contributed by atoms with E-state index in [2.05, 4.69) is 51.7 Å². The number of aromatic nitrogens is 2. The minimum Gasteiger partial charge on any atom is -0.340 e.